The second kappa shape index (κ2) is 7.43. The van der Waals surface area contributed by atoms with Crippen LogP contribution in [0, 0.1) is 5.92 Å². The van der Waals surface area contributed by atoms with Crippen molar-refractivity contribution >= 4 is 47.0 Å². The van der Waals surface area contributed by atoms with Gasteiger partial charge in [0.1, 0.15) is 0 Å². The number of urea groups is 1. The van der Waals surface area contributed by atoms with Crippen LogP contribution in [0.2, 0.25) is 5.02 Å². The Morgan fingerprint density at radius 1 is 1.07 bits per heavy atom. The first kappa shape index (κ1) is 19.6. The summed E-state index contributed by atoms with van der Waals surface area (Å²) in [5.74, 6) is -3.29. The highest BCUT2D eigenvalue weighted by atomic mass is 35.5. The van der Waals surface area contributed by atoms with Gasteiger partial charge in [0.15, 0.2) is 5.92 Å². The molecule has 3 rings (SSSR count). The monoisotopic (exact) mass is 409 g/mol. The van der Waals surface area contributed by atoms with E-state index in [-0.39, 0.29) is 11.4 Å². The zero-order valence-electron chi connectivity index (χ0n) is 13.9. The summed E-state index contributed by atoms with van der Waals surface area (Å²) in [4.78, 5) is 41.2. The highest BCUT2D eigenvalue weighted by molar-refractivity contribution is 6.33. The predicted octanol–water partition coefficient (Wildman–Crippen LogP) is 3.96. The minimum absolute atomic E-state index is 0.0923. The van der Waals surface area contributed by atoms with Gasteiger partial charge in [-0.1, -0.05) is 17.7 Å². The number of carbonyl (C=O) groups is 3. The molecule has 1 atom stereocenters. The Balaban J connectivity index is 1.88. The van der Waals surface area contributed by atoms with Gasteiger partial charge in [0.05, 0.1) is 16.9 Å². The zero-order chi connectivity index (χ0) is 20.5. The van der Waals surface area contributed by atoms with Crippen molar-refractivity contribution in [2.45, 2.75) is 6.18 Å². The first-order chi connectivity index (χ1) is 13.2. The van der Waals surface area contributed by atoms with E-state index in [1.54, 1.807) is 0 Å². The molecule has 0 saturated carbocycles. The highest BCUT2D eigenvalue weighted by Crippen LogP contribution is 2.31. The van der Waals surface area contributed by atoms with Gasteiger partial charge in [-0.3, -0.25) is 19.9 Å². The van der Waals surface area contributed by atoms with Crippen molar-refractivity contribution in [1.29, 1.82) is 0 Å². The second-order valence-corrected chi connectivity index (χ2v) is 6.18. The molecule has 0 aromatic heterocycles. The number of halogens is 4. The van der Waals surface area contributed by atoms with E-state index in [9.17, 15) is 27.6 Å². The summed E-state index contributed by atoms with van der Waals surface area (Å²) in [6, 6.07) is 8.90. The van der Waals surface area contributed by atoms with Crippen LogP contribution in [-0.4, -0.2) is 24.1 Å². The molecule has 28 heavy (non-hydrogen) atoms. The first-order valence-corrected chi connectivity index (χ1v) is 8.20. The van der Waals surface area contributed by atoms with Crippen LogP contribution < -0.4 is 10.2 Å². The standard InChI is InChI=1S/C18H11ClF3N3O3/c19-11-4-6-13(7-5-11)25-16(27)14(15(26)24-17(25)28)9-23-12-3-1-2-10(8-12)18(20,21)22/h1-9,14H,(H,24,26,28)/t14-/m0/s1. The third kappa shape index (κ3) is 4.04. The maximum Gasteiger partial charge on any atom is 0.416 e. The van der Waals surface area contributed by atoms with Crippen LogP contribution in [0.1, 0.15) is 5.56 Å². The van der Waals surface area contributed by atoms with E-state index >= 15 is 0 Å². The predicted molar refractivity (Wildman–Crippen MR) is 95.6 cm³/mol. The Morgan fingerprint density at radius 3 is 2.39 bits per heavy atom. The number of amides is 4. The van der Waals surface area contributed by atoms with Crippen LogP contribution in [0.25, 0.3) is 0 Å². The number of hydrogen-bond acceptors (Lipinski definition) is 4. The van der Waals surface area contributed by atoms with Crippen LogP contribution in [0.3, 0.4) is 0 Å². The molecule has 144 valence electrons. The number of benzene rings is 2. The molecule has 1 saturated heterocycles. The first-order valence-electron chi connectivity index (χ1n) is 7.82. The molecular weight excluding hydrogens is 399 g/mol. The molecule has 4 amide bonds. The quantitative estimate of drug-likeness (QED) is 0.615. The van der Waals surface area contributed by atoms with Crippen LogP contribution in [-0.2, 0) is 15.8 Å². The fraction of sp³-hybridized carbons (Fsp3) is 0.111. The molecular formula is C18H11ClF3N3O3. The SMILES string of the molecule is O=C1NC(=O)N(c2ccc(Cl)cc2)C(=O)[C@H]1C=Nc1cccc(C(F)(F)F)c1. The number of alkyl halides is 3. The van der Waals surface area contributed by atoms with E-state index in [0.717, 1.165) is 29.3 Å². The van der Waals surface area contributed by atoms with Gasteiger partial charge in [-0.25, -0.2) is 9.69 Å². The van der Waals surface area contributed by atoms with E-state index in [4.69, 9.17) is 11.6 Å². The van der Waals surface area contributed by atoms with Crippen molar-refractivity contribution in [2.24, 2.45) is 10.9 Å². The van der Waals surface area contributed by atoms with Gasteiger partial charge in [-0.05, 0) is 42.5 Å². The molecule has 0 aliphatic carbocycles. The van der Waals surface area contributed by atoms with Gasteiger partial charge < -0.3 is 0 Å². The molecule has 0 bridgehead atoms. The molecule has 1 N–H and O–H groups in total. The summed E-state index contributed by atoms with van der Waals surface area (Å²) >= 11 is 5.78. The number of nitrogens with one attached hydrogen (secondary N) is 1. The molecule has 0 spiro atoms. The fourth-order valence-corrected chi connectivity index (χ4v) is 2.61. The molecule has 1 aliphatic heterocycles. The Labute approximate surface area is 161 Å². The summed E-state index contributed by atoms with van der Waals surface area (Å²) in [6.07, 6.45) is -3.65. The van der Waals surface area contributed by atoms with E-state index in [2.05, 4.69) is 4.99 Å². The van der Waals surface area contributed by atoms with Gasteiger partial charge in [0.25, 0.3) is 5.91 Å². The third-order valence-electron chi connectivity index (χ3n) is 3.83. The Hall–Kier alpha value is -3.20. The Morgan fingerprint density at radius 2 is 1.75 bits per heavy atom. The molecule has 0 radical (unpaired) electrons. The molecule has 1 aliphatic rings. The number of carbonyl (C=O) groups excluding carboxylic acids is 3. The number of hydrogen-bond donors (Lipinski definition) is 1. The molecule has 1 heterocycles. The minimum Gasteiger partial charge on any atom is -0.276 e. The minimum atomic E-state index is -4.55. The lowest BCUT2D eigenvalue weighted by molar-refractivity contribution is -0.137. The summed E-state index contributed by atoms with van der Waals surface area (Å²) in [5, 5.41) is 2.40. The van der Waals surface area contributed by atoms with E-state index in [0.29, 0.717) is 5.02 Å². The molecule has 10 heteroatoms. The van der Waals surface area contributed by atoms with E-state index < -0.39 is 35.5 Å². The van der Waals surface area contributed by atoms with Crippen LogP contribution in [0.4, 0.5) is 29.3 Å². The van der Waals surface area contributed by atoms with E-state index in [1.165, 1.54) is 30.3 Å². The smallest absolute Gasteiger partial charge is 0.276 e. The largest absolute Gasteiger partial charge is 0.416 e. The molecule has 2 aromatic carbocycles. The summed E-state index contributed by atoms with van der Waals surface area (Å²) in [5.41, 5.74) is -0.832. The van der Waals surface area contributed by atoms with Crippen molar-refractivity contribution in [3.8, 4) is 0 Å². The van der Waals surface area contributed by atoms with Crippen molar-refractivity contribution in [3.63, 3.8) is 0 Å². The lowest BCUT2D eigenvalue weighted by atomic mass is 10.1. The number of imide groups is 2. The van der Waals surface area contributed by atoms with Gasteiger partial charge in [-0.2, -0.15) is 13.2 Å². The summed E-state index contributed by atoms with van der Waals surface area (Å²) in [6.45, 7) is 0. The number of aliphatic imine (C=N–C) groups is 1. The maximum absolute atomic E-state index is 12.8. The zero-order valence-corrected chi connectivity index (χ0v) is 14.7. The van der Waals surface area contributed by atoms with Crippen molar-refractivity contribution < 1.29 is 27.6 Å². The maximum atomic E-state index is 12.8. The number of nitrogens with zero attached hydrogens (tertiary/aromatic N) is 2. The van der Waals surface area contributed by atoms with Crippen LogP contribution in [0.15, 0.2) is 53.5 Å². The molecule has 1 fully saturated rings. The Kier molecular flexibility index (Phi) is 5.19. The highest BCUT2D eigenvalue weighted by Gasteiger charge is 2.40. The van der Waals surface area contributed by atoms with Crippen molar-refractivity contribution in [1.82, 2.24) is 5.32 Å². The lowest BCUT2D eigenvalue weighted by Gasteiger charge is -2.28. The van der Waals surface area contributed by atoms with Crippen molar-refractivity contribution in [3.05, 3.63) is 59.1 Å². The molecule has 2 aromatic rings. The average Bonchev–Trinajstić information content (AvgIpc) is 2.62. The van der Waals surface area contributed by atoms with Crippen LogP contribution in [0.5, 0.6) is 0 Å². The van der Waals surface area contributed by atoms with Gasteiger partial charge >= 0.3 is 12.2 Å². The fourth-order valence-electron chi connectivity index (χ4n) is 2.48. The average molecular weight is 410 g/mol. The third-order valence-corrected chi connectivity index (χ3v) is 4.09. The van der Waals surface area contributed by atoms with Gasteiger partial charge in [0, 0.05) is 11.2 Å². The summed E-state index contributed by atoms with van der Waals surface area (Å²) < 4.78 is 38.3. The second-order valence-electron chi connectivity index (χ2n) is 5.75. The van der Waals surface area contributed by atoms with Crippen LogP contribution >= 0.6 is 11.6 Å². The normalized spacial score (nSPS) is 17.9. The summed E-state index contributed by atoms with van der Waals surface area (Å²) in [7, 11) is 0. The number of rotatable bonds is 3. The number of anilines is 1. The number of barbiturate groups is 1. The van der Waals surface area contributed by atoms with E-state index in [1.807, 2.05) is 5.32 Å². The molecule has 6 nitrogen and oxygen atoms in total. The molecule has 0 unspecified atom stereocenters. The van der Waals surface area contributed by atoms with Crippen molar-refractivity contribution in [2.75, 3.05) is 4.90 Å². The topological polar surface area (TPSA) is 78.8 Å². The lowest BCUT2D eigenvalue weighted by Crippen LogP contribution is -2.58. The van der Waals surface area contributed by atoms with Gasteiger partial charge in [-0.15, -0.1) is 0 Å². The van der Waals surface area contributed by atoms with Gasteiger partial charge in [0.2, 0.25) is 5.91 Å². The Bertz CT molecular complexity index is 974.